The van der Waals surface area contributed by atoms with Gasteiger partial charge in [0.15, 0.2) is 0 Å². The van der Waals surface area contributed by atoms with Crippen molar-refractivity contribution in [3.05, 3.63) is 59.7 Å². The van der Waals surface area contributed by atoms with Gasteiger partial charge in [-0.3, -0.25) is 4.98 Å². The molecule has 1 aromatic carbocycles. The molecule has 88 valence electrons. The van der Waals surface area contributed by atoms with E-state index in [0.29, 0.717) is 17.7 Å². The predicted octanol–water partition coefficient (Wildman–Crippen LogP) is 2.08. The maximum atomic E-state index is 13.0. The Morgan fingerprint density at radius 2 is 2.18 bits per heavy atom. The third kappa shape index (κ3) is 2.79. The average molecular weight is 232 g/mol. The van der Waals surface area contributed by atoms with Gasteiger partial charge in [0, 0.05) is 30.1 Å². The minimum atomic E-state index is -0.773. The number of halogens is 1. The predicted molar refractivity (Wildman–Crippen MR) is 63.7 cm³/mol. The summed E-state index contributed by atoms with van der Waals surface area (Å²) >= 11 is 0. The first kappa shape index (κ1) is 11.5. The molecule has 0 saturated heterocycles. The van der Waals surface area contributed by atoms with E-state index >= 15 is 0 Å². The van der Waals surface area contributed by atoms with Crippen LogP contribution in [0.3, 0.4) is 0 Å². The number of hydrogen-bond donors (Lipinski definition) is 2. The Morgan fingerprint density at radius 3 is 2.88 bits per heavy atom. The molecule has 17 heavy (non-hydrogen) atoms. The lowest BCUT2D eigenvalue weighted by Crippen LogP contribution is -2.06. The molecule has 1 atom stereocenters. The largest absolute Gasteiger partial charge is 0.398 e. The number of aliphatic hydroxyl groups is 1. The van der Waals surface area contributed by atoms with Crippen molar-refractivity contribution in [1.29, 1.82) is 0 Å². The minimum Gasteiger partial charge on any atom is -0.398 e. The van der Waals surface area contributed by atoms with Crippen LogP contribution in [-0.4, -0.2) is 10.1 Å². The Balaban J connectivity index is 2.17. The third-order valence-corrected chi connectivity index (χ3v) is 2.56. The van der Waals surface area contributed by atoms with Crippen LogP contribution >= 0.6 is 0 Å². The second kappa shape index (κ2) is 4.93. The minimum absolute atomic E-state index is 0.311. The summed E-state index contributed by atoms with van der Waals surface area (Å²) in [5.74, 6) is -0.311. The molecule has 2 aromatic rings. The molecule has 4 heteroatoms. The summed E-state index contributed by atoms with van der Waals surface area (Å²) in [6.07, 6.45) is 2.63. The molecule has 0 bridgehead atoms. The second-order valence-corrected chi connectivity index (χ2v) is 3.85. The van der Waals surface area contributed by atoms with E-state index in [1.807, 2.05) is 0 Å². The van der Waals surface area contributed by atoms with Crippen LogP contribution in [0.5, 0.6) is 0 Å². The summed E-state index contributed by atoms with van der Waals surface area (Å²) in [5.41, 5.74) is 7.51. The molecule has 0 amide bonds. The van der Waals surface area contributed by atoms with Crippen molar-refractivity contribution in [2.75, 3.05) is 5.73 Å². The van der Waals surface area contributed by atoms with Crippen molar-refractivity contribution >= 4 is 5.69 Å². The lowest BCUT2D eigenvalue weighted by atomic mass is 10.0. The van der Waals surface area contributed by atoms with Crippen molar-refractivity contribution < 1.29 is 9.50 Å². The summed E-state index contributed by atoms with van der Waals surface area (Å²) in [6, 6.07) is 7.77. The molecule has 0 aliphatic rings. The van der Waals surface area contributed by atoms with Crippen molar-refractivity contribution in [2.45, 2.75) is 12.5 Å². The molecule has 1 unspecified atom stereocenters. The van der Waals surface area contributed by atoms with E-state index in [1.165, 1.54) is 18.3 Å². The zero-order valence-corrected chi connectivity index (χ0v) is 9.18. The number of nitrogens with zero attached hydrogens (tertiary/aromatic N) is 1. The van der Waals surface area contributed by atoms with E-state index in [0.717, 1.165) is 5.56 Å². The van der Waals surface area contributed by atoms with E-state index < -0.39 is 6.10 Å². The highest BCUT2D eigenvalue weighted by molar-refractivity contribution is 5.46. The van der Waals surface area contributed by atoms with Crippen LogP contribution in [0.1, 0.15) is 17.2 Å². The van der Waals surface area contributed by atoms with Gasteiger partial charge in [-0.1, -0.05) is 12.1 Å². The summed E-state index contributed by atoms with van der Waals surface area (Å²) in [5, 5.41) is 10.0. The van der Waals surface area contributed by atoms with Crippen LogP contribution in [-0.2, 0) is 6.42 Å². The number of hydrogen-bond acceptors (Lipinski definition) is 3. The lowest BCUT2D eigenvalue weighted by Gasteiger charge is -2.12. The van der Waals surface area contributed by atoms with Crippen LogP contribution in [0.4, 0.5) is 10.1 Å². The zero-order chi connectivity index (χ0) is 12.3. The smallest absolute Gasteiger partial charge is 0.123 e. The van der Waals surface area contributed by atoms with E-state index in [1.54, 1.807) is 24.4 Å². The molecule has 3 N–H and O–H groups in total. The molecule has 2 rings (SSSR count). The molecule has 0 aliphatic heterocycles. The van der Waals surface area contributed by atoms with Gasteiger partial charge in [0.1, 0.15) is 5.82 Å². The van der Waals surface area contributed by atoms with Crippen molar-refractivity contribution in [2.24, 2.45) is 0 Å². The number of nitrogen functional groups attached to an aromatic ring is 1. The highest BCUT2D eigenvalue weighted by atomic mass is 19.1. The average Bonchev–Trinajstić information content (AvgIpc) is 2.29. The molecule has 1 aromatic heterocycles. The maximum Gasteiger partial charge on any atom is 0.123 e. The number of nitrogens with two attached hydrogens (primary N) is 1. The highest BCUT2D eigenvalue weighted by Crippen LogP contribution is 2.22. The first-order valence-electron chi connectivity index (χ1n) is 5.28. The Morgan fingerprint density at radius 1 is 1.35 bits per heavy atom. The number of rotatable bonds is 3. The van der Waals surface area contributed by atoms with Gasteiger partial charge in [-0.2, -0.15) is 0 Å². The molecule has 0 aliphatic carbocycles. The molecular formula is C13H13FN2O. The monoisotopic (exact) mass is 232 g/mol. The van der Waals surface area contributed by atoms with Gasteiger partial charge < -0.3 is 10.8 Å². The first-order valence-corrected chi connectivity index (χ1v) is 5.28. The van der Waals surface area contributed by atoms with Gasteiger partial charge in [-0.25, -0.2) is 4.39 Å². The van der Waals surface area contributed by atoms with Gasteiger partial charge >= 0.3 is 0 Å². The summed E-state index contributed by atoms with van der Waals surface area (Å²) in [4.78, 5) is 3.91. The van der Waals surface area contributed by atoms with Crippen molar-refractivity contribution in [3.63, 3.8) is 0 Å². The summed E-state index contributed by atoms with van der Waals surface area (Å²) < 4.78 is 13.0. The van der Waals surface area contributed by atoms with Gasteiger partial charge in [-0.05, 0) is 23.8 Å². The molecule has 3 nitrogen and oxygen atoms in total. The van der Waals surface area contributed by atoms with Crippen LogP contribution in [0.2, 0.25) is 0 Å². The van der Waals surface area contributed by atoms with E-state index in [9.17, 15) is 9.50 Å². The van der Waals surface area contributed by atoms with E-state index in [-0.39, 0.29) is 5.82 Å². The topological polar surface area (TPSA) is 59.1 Å². The van der Waals surface area contributed by atoms with Crippen LogP contribution in [0.15, 0.2) is 42.7 Å². The maximum absolute atomic E-state index is 13.0. The zero-order valence-electron chi connectivity index (χ0n) is 9.18. The number of aromatic nitrogens is 1. The summed E-state index contributed by atoms with van der Waals surface area (Å²) in [7, 11) is 0. The van der Waals surface area contributed by atoms with Crippen LogP contribution in [0.25, 0.3) is 0 Å². The quantitative estimate of drug-likeness (QED) is 0.851. The SMILES string of the molecule is Nc1ccncc1C(O)Cc1cccc(F)c1. The number of pyridine rings is 1. The van der Waals surface area contributed by atoms with Crippen LogP contribution < -0.4 is 5.73 Å². The lowest BCUT2D eigenvalue weighted by molar-refractivity contribution is 0.178. The van der Waals surface area contributed by atoms with Gasteiger partial charge in [0.25, 0.3) is 0 Å². The fourth-order valence-electron chi connectivity index (χ4n) is 1.69. The Bertz CT molecular complexity index is 516. The number of aliphatic hydroxyl groups excluding tert-OH is 1. The number of benzene rings is 1. The fourth-order valence-corrected chi connectivity index (χ4v) is 1.69. The Hall–Kier alpha value is -1.94. The molecule has 1 heterocycles. The molecule has 0 fully saturated rings. The first-order chi connectivity index (χ1) is 8.16. The highest BCUT2D eigenvalue weighted by Gasteiger charge is 2.12. The Labute approximate surface area is 98.7 Å². The van der Waals surface area contributed by atoms with Gasteiger partial charge in [-0.15, -0.1) is 0 Å². The second-order valence-electron chi connectivity index (χ2n) is 3.85. The Kier molecular flexibility index (Phi) is 3.35. The fraction of sp³-hybridized carbons (Fsp3) is 0.154. The molecule has 0 spiro atoms. The number of anilines is 1. The normalized spacial score (nSPS) is 12.4. The van der Waals surface area contributed by atoms with E-state index in [4.69, 9.17) is 5.73 Å². The van der Waals surface area contributed by atoms with Gasteiger partial charge in [0.2, 0.25) is 0 Å². The molecule has 0 radical (unpaired) electrons. The van der Waals surface area contributed by atoms with Crippen LogP contribution in [0, 0.1) is 5.82 Å². The third-order valence-electron chi connectivity index (χ3n) is 2.56. The van der Waals surface area contributed by atoms with Crippen molar-refractivity contribution in [3.8, 4) is 0 Å². The standard InChI is InChI=1S/C13H13FN2O/c14-10-3-1-2-9(6-10)7-13(17)11-8-16-5-4-12(11)15/h1-6,8,13,17H,7H2,(H2,15,16). The molecular weight excluding hydrogens is 219 g/mol. The summed E-state index contributed by atoms with van der Waals surface area (Å²) in [6.45, 7) is 0. The van der Waals surface area contributed by atoms with Crippen molar-refractivity contribution in [1.82, 2.24) is 4.98 Å². The van der Waals surface area contributed by atoms with E-state index in [2.05, 4.69) is 4.98 Å². The van der Waals surface area contributed by atoms with Gasteiger partial charge in [0.05, 0.1) is 6.10 Å². The molecule has 0 saturated carbocycles.